The predicted octanol–water partition coefficient (Wildman–Crippen LogP) is 2.78. The highest BCUT2D eigenvalue weighted by atomic mass is 35.5. The molecule has 0 atom stereocenters. The zero-order chi connectivity index (χ0) is 23.5. The van der Waals surface area contributed by atoms with Gasteiger partial charge in [0.15, 0.2) is 11.5 Å². The van der Waals surface area contributed by atoms with Gasteiger partial charge >= 0.3 is 0 Å². The fourth-order valence-electron chi connectivity index (χ4n) is 3.72. The lowest BCUT2D eigenvalue weighted by atomic mass is 10.1. The number of hydrogen-bond donors (Lipinski definition) is 0. The molecule has 1 aliphatic rings. The maximum atomic E-state index is 13.0. The molecule has 1 fully saturated rings. The number of benzene rings is 2. The van der Waals surface area contributed by atoms with Gasteiger partial charge in [0.1, 0.15) is 6.54 Å². The van der Waals surface area contributed by atoms with E-state index in [1.165, 1.54) is 14.2 Å². The lowest BCUT2D eigenvalue weighted by Gasteiger charge is -2.37. The number of anilines is 2. The fraction of sp³-hybridized carbons (Fsp3) is 0.409. The number of carbonyl (C=O) groups is 1. The second-order valence-corrected chi connectivity index (χ2v) is 9.95. The summed E-state index contributed by atoms with van der Waals surface area (Å²) >= 11 is 6.14. The molecule has 0 saturated carbocycles. The molecule has 1 heterocycles. The molecule has 3 rings (SSSR count). The van der Waals surface area contributed by atoms with Crippen molar-refractivity contribution >= 4 is 38.9 Å². The number of piperazine rings is 1. The Bertz CT molecular complexity index is 1080. The summed E-state index contributed by atoms with van der Waals surface area (Å²) in [7, 11) is -0.725. The Morgan fingerprint density at radius 1 is 1.03 bits per heavy atom. The van der Waals surface area contributed by atoms with Crippen molar-refractivity contribution in [3.8, 4) is 11.5 Å². The van der Waals surface area contributed by atoms with Crippen LogP contribution in [0.2, 0.25) is 5.02 Å². The van der Waals surface area contributed by atoms with Gasteiger partial charge in [-0.25, -0.2) is 8.42 Å². The molecule has 174 valence electrons. The standard InChI is InChI=1S/C22H28ClN3O5S/c1-16-5-6-17(23)13-19(16)24-9-11-25(12-10-24)22(27)15-26(32(4,28)29)18-7-8-20(30-2)21(14-18)31-3/h5-8,13-14H,9-12,15H2,1-4H3. The van der Waals surface area contributed by atoms with E-state index in [0.717, 1.165) is 21.8 Å². The summed E-state index contributed by atoms with van der Waals surface area (Å²) < 4.78 is 36.5. The van der Waals surface area contributed by atoms with E-state index in [-0.39, 0.29) is 12.5 Å². The molecule has 0 aromatic heterocycles. The number of sulfonamides is 1. The number of nitrogens with zero attached hydrogens (tertiary/aromatic N) is 3. The zero-order valence-corrected chi connectivity index (χ0v) is 20.2. The first kappa shape index (κ1) is 24.0. The number of carbonyl (C=O) groups excluding carboxylic acids is 1. The third-order valence-electron chi connectivity index (χ3n) is 5.48. The average Bonchev–Trinajstić information content (AvgIpc) is 2.77. The van der Waals surface area contributed by atoms with Gasteiger partial charge in [0.25, 0.3) is 0 Å². The quantitative estimate of drug-likeness (QED) is 0.605. The lowest BCUT2D eigenvalue weighted by molar-refractivity contribution is -0.129. The maximum Gasteiger partial charge on any atom is 0.243 e. The Balaban J connectivity index is 1.72. The van der Waals surface area contributed by atoms with Gasteiger partial charge in [-0.2, -0.15) is 0 Å². The molecule has 0 spiro atoms. The van der Waals surface area contributed by atoms with Crippen LogP contribution in [0.15, 0.2) is 36.4 Å². The molecule has 0 aliphatic carbocycles. The van der Waals surface area contributed by atoms with Crippen molar-refractivity contribution in [2.24, 2.45) is 0 Å². The van der Waals surface area contributed by atoms with E-state index in [2.05, 4.69) is 4.90 Å². The minimum absolute atomic E-state index is 0.257. The average molecular weight is 482 g/mol. The largest absolute Gasteiger partial charge is 0.493 e. The summed E-state index contributed by atoms with van der Waals surface area (Å²) in [6, 6.07) is 10.5. The lowest BCUT2D eigenvalue weighted by Crippen LogP contribution is -2.52. The monoisotopic (exact) mass is 481 g/mol. The van der Waals surface area contributed by atoms with Gasteiger partial charge in [-0.05, 0) is 36.8 Å². The van der Waals surface area contributed by atoms with Crippen LogP contribution >= 0.6 is 11.6 Å². The molecule has 1 amide bonds. The normalized spacial score (nSPS) is 14.3. The van der Waals surface area contributed by atoms with Crippen molar-refractivity contribution in [1.29, 1.82) is 0 Å². The van der Waals surface area contributed by atoms with Crippen LogP contribution in [0.1, 0.15) is 5.56 Å². The van der Waals surface area contributed by atoms with Gasteiger partial charge in [-0.3, -0.25) is 9.10 Å². The molecule has 10 heteroatoms. The van der Waals surface area contributed by atoms with Crippen LogP contribution in [-0.2, 0) is 14.8 Å². The summed E-state index contributed by atoms with van der Waals surface area (Å²) in [6.45, 7) is 4.01. The van der Waals surface area contributed by atoms with Crippen LogP contribution < -0.4 is 18.7 Å². The number of amides is 1. The topological polar surface area (TPSA) is 79.4 Å². The Labute approximate surface area is 194 Å². The molecular weight excluding hydrogens is 454 g/mol. The maximum absolute atomic E-state index is 13.0. The summed E-state index contributed by atoms with van der Waals surface area (Å²) in [5.41, 5.74) is 2.50. The number of halogens is 1. The van der Waals surface area contributed by atoms with Gasteiger partial charge in [-0.1, -0.05) is 17.7 Å². The first-order valence-corrected chi connectivity index (χ1v) is 12.3. The van der Waals surface area contributed by atoms with Crippen LogP contribution in [0.4, 0.5) is 11.4 Å². The number of hydrogen-bond acceptors (Lipinski definition) is 6. The molecule has 2 aromatic carbocycles. The molecule has 2 aromatic rings. The molecule has 8 nitrogen and oxygen atoms in total. The minimum Gasteiger partial charge on any atom is -0.493 e. The van der Waals surface area contributed by atoms with Crippen molar-refractivity contribution in [2.75, 3.05) is 62.4 Å². The smallest absolute Gasteiger partial charge is 0.243 e. The number of ether oxygens (including phenoxy) is 2. The SMILES string of the molecule is COc1ccc(N(CC(=O)N2CCN(c3cc(Cl)ccc3C)CC2)S(C)(=O)=O)cc1OC. The molecule has 0 unspecified atom stereocenters. The van der Waals surface area contributed by atoms with E-state index >= 15 is 0 Å². The minimum atomic E-state index is -3.70. The second kappa shape index (κ2) is 9.87. The zero-order valence-electron chi connectivity index (χ0n) is 18.7. The molecule has 0 radical (unpaired) electrons. The van der Waals surface area contributed by atoms with Crippen molar-refractivity contribution in [1.82, 2.24) is 4.90 Å². The number of rotatable bonds is 7. The van der Waals surface area contributed by atoms with Crippen molar-refractivity contribution in [2.45, 2.75) is 6.92 Å². The van der Waals surface area contributed by atoms with Crippen LogP contribution in [0, 0.1) is 6.92 Å². The van der Waals surface area contributed by atoms with Gasteiger partial charge in [-0.15, -0.1) is 0 Å². The van der Waals surface area contributed by atoms with Crippen LogP contribution in [-0.4, -0.2) is 72.4 Å². The van der Waals surface area contributed by atoms with Crippen LogP contribution in [0.25, 0.3) is 0 Å². The molecule has 1 saturated heterocycles. The van der Waals surface area contributed by atoms with Gasteiger partial charge < -0.3 is 19.3 Å². The van der Waals surface area contributed by atoms with E-state index in [4.69, 9.17) is 21.1 Å². The van der Waals surface area contributed by atoms with Gasteiger partial charge in [0.2, 0.25) is 15.9 Å². The third kappa shape index (κ3) is 5.39. The van der Waals surface area contributed by atoms with Crippen LogP contribution in [0.3, 0.4) is 0 Å². The third-order valence-corrected chi connectivity index (χ3v) is 6.85. The molecule has 0 bridgehead atoms. The first-order valence-electron chi connectivity index (χ1n) is 10.1. The van der Waals surface area contributed by atoms with Gasteiger partial charge in [0, 0.05) is 43.0 Å². The van der Waals surface area contributed by atoms with E-state index in [0.29, 0.717) is 48.4 Å². The highest BCUT2D eigenvalue weighted by Gasteiger charge is 2.27. The Morgan fingerprint density at radius 3 is 2.28 bits per heavy atom. The number of methoxy groups -OCH3 is 2. The van der Waals surface area contributed by atoms with Gasteiger partial charge in [0.05, 0.1) is 26.2 Å². The Hall–Kier alpha value is -2.65. The van der Waals surface area contributed by atoms with Crippen molar-refractivity contribution in [3.05, 3.63) is 47.0 Å². The fourth-order valence-corrected chi connectivity index (χ4v) is 4.73. The summed E-state index contributed by atoms with van der Waals surface area (Å²) in [5, 5.41) is 0.669. The second-order valence-electron chi connectivity index (χ2n) is 7.61. The molecule has 32 heavy (non-hydrogen) atoms. The van der Waals surface area contributed by atoms with E-state index in [1.807, 2.05) is 25.1 Å². The Morgan fingerprint density at radius 2 is 1.69 bits per heavy atom. The van der Waals surface area contributed by atoms with Crippen molar-refractivity contribution < 1.29 is 22.7 Å². The Kier molecular flexibility index (Phi) is 7.40. The summed E-state index contributed by atoms with van der Waals surface area (Å²) in [6.07, 6.45) is 1.08. The molecule has 0 N–H and O–H groups in total. The van der Waals surface area contributed by atoms with E-state index < -0.39 is 10.0 Å². The molecule has 1 aliphatic heterocycles. The first-order chi connectivity index (χ1) is 15.1. The van der Waals surface area contributed by atoms with E-state index in [1.54, 1.807) is 23.1 Å². The summed E-state index contributed by atoms with van der Waals surface area (Å²) in [4.78, 5) is 16.9. The number of aryl methyl sites for hydroxylation is 1. The van der Waals surface area contributed by atoms with Crippen molar-refractivity contribution in [3.63, 3.8) is 0 Å². The predicted molar refractivity (Wildman–Crippen MR) is 127 cm³/mol. The van der Waals surface area contributed by atoms with Crippen LogP contribution in [0.5, 0.6) is 11.5 Å². The summed E-state index contributed by atoms with van der Waals surface area (Å²) in [5.74, 6) is 0.604. The van der Waals surface area contributed by atoms with E-state index in [9.17, 15) is 13.2 Å². The highest BCUT2D eigenvalue weighted by molar-refractivity contribution is 7.92. The molecular formula is C22H28ClN3O5S. The highest BCUT2D eigenvalue weighted by Crippen LogP contribution is 2.32.